The van der Waals surface area contributed by atoms with Crippen molar-refractivity contribution in [1.82, 2.24) is 24.6 Å². The van der Waals surface area contributed by atoms with Crippen molar-refractivity contribution < 1.29 is 9.53 Å². The molecule has 0 aliphatic carbocycles. The van der Waals surface area contributed by atoms with Gasteiger partial charge < -0.3 is 19.2 Å². The summed E-state index contributed by atoms with van der Waals surface area (Å²) in [5.74, 6) is 0.737. The highest BCUT2D eigenvalue weighted by atomic mass is 16.5. The van der Waals surface area contributed by atoms with E-state index in [1.54, 1.807) is 13.4 Å². The van der Waals surface area contributed by atoms with Gasteiger partial charge in [0, 0.05) is 38.0 Å². The summed E-state index contributed by atoms with van der Waals surface area (Å²) in [4.78, 5) is 18.2. The molecule has 25 heavy (non-hydrogen) atoms. The van der Waals surface area contributed by atoms with E-state index in [0.717, 1.165) is 22.3 Å². The lowest BCUT2D eigenvalue weighted by Gasteiger charge is -2.23. The van der Waals surface area contributed by atoms with E-state index < -0.39 is 0 Å². The Hall–Kier alpha value is -2.67. The molecule has 7 heteroatoms. The fourth-order valence-corrected chi connectivity index (χ4v) is 3.54. The second-order valence-electron chi connectivity index (χ2n) is 6.64. The Bertz CT molecular complexity index is 929. The number of aromatic nitrogens is 4. The molecular weight excluding hydrogens is 318 g/mol. The van der Waals surface area contributed by atoms with Gasteiger partial charge in [-0.2, -0.15) is 0 Å². The monoisotopic (exact) mass is 339 g/mol. The maximum Gasteiger partial charge on any atom is 0.271 e. The SMILES string of the molecule is CO[C@@H]1C[C@@H](c2nncn2C)N(C(=O)c2cc3ccc(C)cc3[nH]2)C1. The van der Waals surface area contributed by atoms with Crippen molar-refractivity contribution in [3.8, 4) is 0 Å². The third kappa shape index (κ3) is 2.70. The fourth-order valence-electron chi connectivity index (χ4n) is 3.54. The molecule has 2 atom stereocenters. The summed E-state index contributed by atoms with van der Waals surface area (Å²) in [5.41, 5.74) is 2.72. The molecule has 130 valence electrons. The highest BCUT2D eigenvalue weighted by Gasteiger charge is 2.39. The number of methoxy groups -OCH3 is 1. The summed E-state index contributed by atoms with van der Waals surface area (Å²) in [5, 5.41) is 9.19. The Balaban J connectivity index is 1.69. The van der Waals surface area contributed by atoms with E-state index in [4.69, 9.17) is 4.74 Å². The van der Waals surface area contributed by atoms with Crippen molar-refractivity contribution >= 4 is 16.8 Å². The van der Waals surface area contributed by atoms with Crippen LogP contribution in [0.1, 0.15) is 34.3 Å². The van der Waals surface area contributed by atoms with E-state index in [1.165, 1.54) is 0 Å². The molecule has 0 bridgehead atoms. The molecule has 7 nitrogen and oxygen atoms in total. The molecule has 2 aromatic heterocycles. The number of aryl methyl sites for hydroxylation is 2. The Labute approximate surface area is 145 Å². The zero-order chi connectivity index (χ0) is 17.6. The molecule has 0 unspecified atom stereocenters. The van der Waals surface area contributed by atoms with Crippen LogP contribution >= 0.6 is 0 Å². The molecule has 0 spiro atoms. The van der Waals surface area contributed by atoms with Crippen LogP contribution in [-0.2, 0) is 11.8 Å². The van der Waals surface area contributed by atoms with Crippen LogP contribution in [0.15, 0.2) is 30.6 Å². The van der Waals surface area contributed by atoms with E-state index in [9.17, 15) is 4.79 Å². The third-order valence-corrected chi connectivity index (χ3v) is 4.91. The molecule has 1 N–H and O–H groups in total. The number of H-pyrrole nitrogens is 1. The summed E-state index contributed by atoms with van der Waals surface area (Å²) in [6, 6.07) is 7.89. The van der Waals surface area contributed by atoms with Crippen LogP contribution in [0.25, 0.3) is 10.9 Å². The van der Waals surface area contributed by atoms with Gasteiger partial charge in [0.2, 0.25) is 0 Å². The quantitative estimate of drug-likeness (QED) is 0.794. The number of amides is 1. The molecular formula is C18H21N5O2. The number of likely N-dealkylation sites (tertiary alicyclic amines) is 1. The first-order valence-electron chi connectivity index (χ1n) is 8.34. The van der Waals surface area contributed by atoms with Crippen molar-refractivity contribution in [2.75, 3.05) is 13.7 Å². The summed E-state index contributed by atoms with van der Waals surface area (Å²) in [6.07, 6.45) is 2.37. The van der Waals surface area contributed by atoms with Gasteiger partial charge in [-0.3, -0.25) is 4.79 Å². The van der Waals surface area contributed by atoms with E-state index in [0.29, 0.717) is 18.7 Å². The number of aromatic amines is 1. The maximum absolute atomic E-state index is 13.2. The predicted molar refractivity (Wildman–Crippen MR) is 93.2 cm³/mol. The van der Waals surface area contributed by atoms with Gasteiger partial charge in [-0.05, 0) is 24.6 Å². The van der Waals surface area contributed by atoms with Crippen LogP contribution in [0.5, 0.6) is 0 Å². The summed E-state index contributed by atoms with van der Waals surface area (Å²) < 4.78 is 7.37. The van der Waals surface area contributed by atoms with Gasteiger partial charge >= 0.3 is 0 Å². The van der Waals surface area contributed by atoms with Gasteiger partial charge in [0.15, 0.2) is 5.82 Å². The van der Waals surface area contributed by atoms with Gasteiger partial charge in [-0.25, -0.2) is 0 Å². The minimum Gasteiger partial charge on any atom is -0.380 e. The van der Waals surface area contributed by atoms with Crippen LogP contribution in [0.4, 0.5) is 0 Å². The fraction of sp³-hybridized carbons (Fsp3) is 0.389. The highest BCUT2D eigenvalue weighted by molar-refractivity contribution is 5.98. The summed E-state index contributed by atoms with van der Waals surface area (Å²) in [7, 11) is 3.57. The van der Waals surface area contributed by atoms with Crippen LogP contribution < -0.4 is 0 Å². The second kappa shape index (κ2) is 6.00. The number of fused-ring (bicyclic) bond motifs is 1. The molecule has 3 heterocycles. The smallest absolute Gasteiger partial charge is 0.271 e. The Morgan fingerprint density at radius 2 is 2.20 bits per heavy atom. The molecule has 1 aliphatic rings. The molecule has 1 saturated heterocycles. The van der Waals surface area contributed by atoms with Gasteiger partial charge in [0.1, 0.15) is 12.0 Å². The molecule has 3 aromatic rings. The zero-order valence-electron chi connectivity index (χ0n) is 14.6. The Morgan fingerprint density at radius 3 is 2.92 bits per heavy atom. The highest BCUT2D eigenvalue weighted by Crippen LogP contribution is 2.33. The van der Waals surface area contributed by atoms with Gasteiger partial charge in [0.25, 0.3) is 5.91 Å². The van der Waals surface area contributed by atoms with Crippen LogP contribution in [0.2, 0.25) is 0 Å². The number of hydrogen-bond acceptors (Lipinski definition) is 4. The molecule has 0 radical (unpaired) electrons. The first-order valence-corrected chi connectivity index (χ1v) is 8.34. The van der Waals surface area contributed by atoms with Crippen molar-refractivity contribution in [2.45, 2.75) is 25.5 Å². The minimum atomic E-state index is -0.141. The van der Waals surface area contributed by atoms with Crippen LogP contribution in [0, 0.1) is 6.92 Å². The average Bonchev–Trinajstić information content (AvgIpc) is 3.30. The van der Waals surface area contributed by atoms with Crippen LogP contribution in [0.3, 0.4) is 0 Å². The van der Waals surface area contributed by atoms with Crippen molar-refractivity contribution in [3.05, 3.63) is 47.7 Å². The number of ether oxygens (including phenoxy) is 1. The molecule has 1 fully saturated rings. The lowest BCUT2D eigenvalue weighted by molar-refractivity contribution is 0.0678. The summed E-state index contributed by atoms with van der Waals surface area (Å²) >= 11 is 0. The maximum atomic E-state index is 13.2. The lowest BCUT2D eigenvalue weighted by atomic mass is 10.1. The number of nitrogens with zero attached hydrogens (tertiary/aromatic N) is 4. The standard InChI is InChI=1S/C18H21N5O2/c1-11-4-5-12-7-15(20-14(12)6-11)18(24)23-9-13(25-3)8-16(23)17-21-19-10-22(17)2/h4-7,10,13,16,20H,8-9H2,1-3H3/t13-,16+/m1/s1. The van der Waals surface area contributed by atoms with E-state index in [-0.39, 0.29) is 18.1 Å². The second-order valence-corrected chi connectivity index (χ2v) is 6.64. The molecule has 0 saturated carbocycles. The number of benzene rings is 1. The number of carbonyl (C=O) groups excluding carboxylic acids is 1. The van der Waals surface area contributed by atoms with Crippen LogP contribution in [-0.4, -0.2) is 50.3 Å². The normalized spacial score (nSPS) is 20.5. The zero-order valence-corrected chi connectivity index (χ0v) is 14.6. The van der Waals surface area contributed by atoms with E-state index in [1.807, 2.05) is 47.7 Å². The minimum absolute atomic E-state index is 0.00253. The topological polar surface area (TPSA) is 76.0 Å². The number of carbonyl (C=O) groups is 1. The molecule has 4 rings (SSSR count). The van der Waals surface area contributed by atoms with Gasteiger partial charge in [-0.1, -0.05) is 12.1 Å². The van der Waals surface area contributed by atoms with Gasteiger partial charge in [0.05, 0.1) is 12.1 Å². The van der Waals surface area contributed by atoms with Crippen molar-refractivity contribution in [2.24, 2.45) is 7.05 Å². The average molecular weight is 339 g/mol. The van der Waals surface area contributed by atoms with Crippen molar-refractivity contribution in [3.63, 3.8) is 0 Å². The third-order valence-electron chi connectivity index (χ3n) is 4.91. The van der Waals surface area contributed by atoms with E-state index >= 15 is 0 Å². The first kappa shape index (κ1) is 15.8. The Kier molecular flexibility index (Phi) is 3.80. The lowest BCUT2D eigenvalue weighted by Crippen LogP contribution is -2.33. The summed E-state index contributed by atoms with van der Waals surface area (Å²) in [6.45, 7) is 2.58. The first-order chi connectivity index (χ1) is 12.1. The van der Waals surface area contributed by atoms with Gasteiger partial charge in [-0.15, -0.1) is 10.2 Å². The van der Waals surface area contributed by atoms with E-state index in [2.05, 4.69) is 15.2 Å². The predicted octanol–water partition coefficient (Wildman–Crippen LogP) is 2.21. The number of rotatable bonds is 3. The number of nitrogens with one attached hydrogen (secondary N) is 1. The molecule has 1 amide bonds. The largest absolute Gasteiger partial charge is 0.380 e. The van der Waals surface area contributed by atoms with Crippen molar-refractivity contribution in [1.29, 1.82) is 0 Å². The molecule has 1 aliphatic heterocycles. The Morgan fingerprint density at radius 1 is 1.36 bits per heavy atom. The number of hydrogen-bond donors (Lipinski definition) is 1. The molecule has 1 aromatic carbocycles.